The van der Waals surface area contributed by atoms with Gasteiger partial charge in [-0.05, 0) is 37.6 Å². The van der Waals surface area contributed by atoms with Gasteiger partial charge in [0.2, 0.25) is 0 Å². The molecule has 0 radical (unpaired) electrons. The molecule has 0 bridgehead atoms. The number of nitrogens with two attached hydrogens (primary N) is 1. The van der Waals surface area contributed by atoms with Gasteiger partial charge in [-0.3, -0.25) is 4.90 Å². The van der Waals surface area contributed by atoms with E-state index in [-0.39, 0.29) is 17.7 Å². The summed E-state index contributed by atoms with van der Waals surface area (Å²) in [6.45, 7) is 1.29. The first-order valence-electron chi connectivity index (χ1n) is 5.77. The molecule has 1 fully saturated rings. The Labute approximate surface area is 113 Å². The van der Waals surface area contributed by atoms with Crippen LogP contribution in [0.4, 0.5) is 4.39 Å². The van der Waals surface area contributed by atoms with E-state index in [0.29, 0.717) is 12.1 Å². The zero-order valence-corrected chi connectivity index (χ0v) is 11.4. The number of hydrogen-bond donors (Lipinski definition) is 2. The molecule has 98 valence electrons. The van der Waals surface area contributed by atoms with Gasteiger partial charge in [0.25, 0.3) is 0 Å². The van der Waals surface area contributed by atoms with Crippen molar-refractivity contribution in [1.29, 1.82) is 0 Å². The second-order valence-electron chi connectivity index (χ2n) is 4.39. The SMILES string of the molecule is NC(=NO)C1CCCN1Cc1cc(Br)ccc1F. The number of halogens is 2. The van der Waals surface area contributed by atoms with Crippen LogP contribution in [-0.4, -0.2) is 28.5 Å². The van der Waals surface area contributed by atoms with Crippen LogP contribution in [0.1, 0.15) is 18.4 Å². The first-order chi connectivity index (χ1) is 8.61. The summed E-state index contributed by atoms with van der Waals surface area (Å²) in [7, 11) is 0. The molecule has 1 unspecified atom stereocenters. The van der Waals surface area contributed by atoms with Crippen LogP contribution in [0.3, 0.4) is 0 Å². The second kappa shape index (κ2) is 5.67. The molecule has 0 spiro atoms. The fourth-order valence-electron chi connectivity index (χ4n) is 2.30. The quantitative estimate of drug-likeness (QED) is 0.389. The first-order valence-corrected chi connectivity index (χ1v) is 6.56. The number of rotatable bonds is 3. The molecule has 1 atom stereocenters. The van der Waals surface area contributed by atoms with Crippen molar-refractivity contribution in [3.05, 3.63) is 34.1 Å². The predicted octanol–water partition coefficient (Wildman–Crippen LogP) is 2.30. The summed E-state index contributed by atoms with van der Waals surface area (Å²) in [6, 6.07) is 4.77. The molecule has 1 aromatic rings. The summed E-state index contributed by atoms with van der Waals surface area (Å²) < 4.78 is 14.5. The van der Waals surface area contributed by atoms with Crippen LogP contribution < -0.4 is 5.73 Å². The van der Waals surface area contributed by atoms with Crippen molar-refractivity contribution >= 4 is 21.8 Å². The van der Waals surface area contributed by atoms with Crippen molar-refractivity contribution in [3.63, 3.8) is 0 Å². The summed E-state index contributed by atoms with van der Waals surface area (Å²) in [4.78, 5) is 2.03. The highest BCUT2D eigenvalue weighted by molar-refractivity contribution is 9.10. The Kier molecular flexibility index (Phi) is 4.19. The van der Waals surface area contributed by atoms with Gasteiger partial charge >= 0.3 is 0 Å². The third kappa shape index (κ3) is 2.81. The Morgan fingerprint density at radius 2 is 2.39 bits per heavy atom. The number of likely N-dealkylation sites (tertiary alicyclic amines) is 1. The van der Waals surface area contributed by atoms with Gasteiger partial charge in [-0.1, -0.05) is 21.1 Å². The van der Waals surface area contributed by atoms with Crippen molar-refractivity contribution in [1.82, 2.24) is 4.90 Å². The van der Waals surface area contributed by atoms with Crippen LogP contribution in [0, 0.1) is 5.82 Å². The van der Waals surface area contributed by atoms with E-state index in [2.05, 4.69) is 21.1 Å². The lowest BCUT2D eigenvalue weighted by Gasteiger charge is -2.23. The summed E-state index contributed by atoms with van der Waals surface area (Å²) in [5.74, 6) is -0.0359. The molecule has 0 aromatic heterocycles. The van der Waals surface area contributed by atoms with Crippen molar-refractivity contribution < 1.29 is 9.60 Å². The van der Waals surface area contributed by atoms with Crippen LogP contribution in [-0.2, 0) is 6.54 Å². The van der Waals surface area contributed by atoms with Gasteiger partial charge in [-0.25, -0.2) is 4.39 Å². The van der Waals surface area contributed by atoms with Crippen LogP contribution in [0.2, 0.25) is 0 Å². The standard InChI is InChI=1S/C12H15BrFN3O/c13-9-3-4-10(14)8(6-9)7-17-5-1-2-11(17)12(15)16-18/h3-4,6,11,18H,1-2,5,7H2,(H2,15,16). The van der Waals surface area contributed by atoms with Crippen LogP contribution in [0.15, 0.2) is 27.8 Å². The second-order valence-corrected chi connectivity index (χ2v) is 5.30. The molecule has 0 aliphatic carbocycles. The molecule has 4 nitrogen and oxygen atoms in total. The Morgan fingerprint density at radius 1 is 1.61 bits per heavy atom. The number of hydrogen-bond acceptors (Lipinski definition) is 3. The maximum absolute atomic E-state index is 13.7. The highest BCUT2D eigenvalue weighted by Crippen LogP contribution is 2.23. The molecule has 1 aliphatic heterocycles. The van der Waals surface area contributed by atoms with Gasteiger partial charge in [0.15, 0.2) is 5.84 Å². The molecule has 1 aliphatic rings. The van der Waals surface area contributed by atoms with Gasteiger partial charge < -0.3 is 10.9 Å². The maximum Gasteiger partial charge on any atom is 0.156 e. The zero-order chi connectivity index (χ0) is 13.1. The normalized spacial score (nSPS) is 21.4. The lowest BCUT2D eigenvalue weighted by Crippen LogP contribution is -2.40. The lowest BCUT2D eigenvalue weighted by atomic mass is 10.1. The van der Waals surface area contributed by atoms with E-state index >= 15 is 0 Å². The number of amidine groups is 1. The molecule has 1 heterocycles. The van der Waals surface area contributed by atoms with Gasteiger partial charge in [0, 0.05) is 16.6 Å². The lowest BCUT2D eigenvalue weighted by molar-refractivity contribution is 0.272. The fourth-order valence-corrected chi connectivity index (χ4v) is 2.71. The number of oxime groups is 1. The first kappa shape index (κ1) is 13.3. The average molecular weight is 316 g/mol. The Hall–Kier alpha value is -1.14. The van der Waals surface area contributed by atoms with E-state index in [0.717, 1.165) is 23.9 Å². The highest BCUT2D eigenvalue weighted by atomic mass is 79.9. The van der Waals surface area contributed by atoms with E-state index < -0.39 is 0 Å². The third-order valence-electron chi connectivity index (χ3n) is 3.20. The molecule has 1 saturated heterocycles. The average Bonchev–Trinajstić information content (AvgIpc) is 2.81. The molecular weight excluding hydrogens is 301 g/mol. The summed E-state index contributed by atoms with van der Waals surface area (Å²) >= 11 is 3.33. The molecule has 0 amide bonds. The van der Waals surface area contributed by atoms with E-state index in [1.54, 1.807) is 12.1 Å². The fraction of sp³-hybridized carbons (Fsp3) is 0.417. The van der Waals surface area contributed by atoms with Crippen molar-refractivity contribution in [2.45, 2.75) is 25.4 Å². The van der Waals surface area contributed by atoms with Gasteiger partial charge in [-0.2, -0.15) is 0 Å². The zero-order valence-electron chi connectivity index (χ0n) is 9.81. The maximum atomic E-state index is 13.7. The molecule has 2 rings (SSSR count). The van der Waals surface area contributed by atoms with E-state index in [1.165, 1.54) is 6.07 Å². The highest BCUT2D eigenvalue weighted by Gasteiger charge is 2.28. The molecule has 1 aromatic carbocycles. The van der Waals surface area contributed by atoms with Crippen molar-refractivity contribution in [3.8, 4) is 0 Å². The van der Waals surface area contributed by atoms with E-state index in [4.69, 9.17) is 10.9 Å². The largest absolute Gasteiger partial charge is 0.409 e. The summed E-state index contributed by atoms with van der Waals surface area (Å²) in [5.41, 5.74) is 6.26. The predicted molar refractivity (Wildman–Crippen MR) is 70.9 cm³/mol. The molecule has 18 heavy (non-hydrogen) atoms. The van der Waals surface area contributed by atoms with Crippen molar-refractivity contribution in [2.24, 2.45) is 10.9 Å². The monoisotopic (exact) mass is 315 g/mol. The molecule has 0 saturated carbocycles. The summed E-state index contributed by atoms with van der Waals surface area (Å²) in [6.07, 6.45) is 1.81. The minimum atomic E-state index is -0.233. The van der Waals surface area contributed by atoms with E-state index in [1.807, 2.05) is 4.90 Å². The smallest absolute Gasteiger partial charge is 0.156 e. The van der Waals surface area contributed by atoms with Gasteiger partial charge in [-0.15, -0.1) is 0 Å². The Balaban J connectivity index is 2.15. The summed E-state index contributed by atoms with van der Waals surface area (Å²) in [5, 5.41) is 11.8. The van der Waals surface area contributed by atoms with Crippen LogP contribution in [0.5, 0.6) is 0 Å². The van der Waals surface area contributed by atoms with E-state index in [9.17, 15) is 4.39 Å². The Morgan fingerprint density at radius 3 is 3.11 bits per heavy atom. The molecular formula is C12H15BrFN3O. The van der Waals surface area contributed by atoms with Gasteiger partial charge in [0.1, 0.15) is 5.82 Å². The molecule has 6 heteroatoms. The Bertz CT molecular complexity index is 467. The molecule has 3 N–H and O–H groups in total. The topological polar surface area (TPSA) is 61.9 Å². The van der Waals surface area contributed by atoms with Crippen LogP contribution in [0.25, 0.3) is 0 Å². The third-order valence-corrected chi connectivity index (χ3v) is 3.69. The minimum Gasteiger partial charge on any atom is -0.409 e. The van der Waals surface area contributed by atoms with Gasteiger partial charge in [0.05, 0.1) is 6.04 Å². The number of nitrogens with zero attached hydrogens (tertiary/aromatic N) is 2. The van der Waals surface area contributed by atoms with Crippen LogP contribution >= 0.6 is 15.9 Å². The number of benzene rings is 1. The van der Waals surface area contributed by atoms with Crippen molar-refractivity contribution in [2.75, 3.05) is 6.54 Å². The minimum absolute atomic E-state index is 0.103.